The number of benzene rings is 1. The van der Waals surface area contributed by atoms with Gasteiger partial charge in [-0.1, -0.05) is 11.6 Å². The Kier molecular flexibility index (Phi) is 4.81. The Labute approximate surface area is 167 Å². The van der Waals surface area contributed by atoms with E-state index in [4.69, 9.17) is 11.6 Å². The second-order valence-corrected chi connectivity index (χ2v) is 7.17. The summed E-state index contributed by atoms with van der Waals surface area (Å²) in [6, 6.07) is 3.05. The number of halogens is 4. The van der Waals surface area contributed by atoms with Crippen molar-refractivity contribution in [2.75, 3.05) is 5.32 Å². The number of alkyl halides is 3. The first-order valence-electron chi connectivity index (χ1n) is 8.87. The average molecular weight is 426 g/mol. The molecule has 1 N–H and O–H groups in total. The fourth-order valence-corrected chi connectivity index (χ4v) is 3.66. The van der Waals surface area contributed by atoms with Gasteiger partial charge in [0.05, 0.1) is 16.3 Å². The fourth-order valence-electron chi connectivity index (χ4n) is 3.44. The molecule has 0 saturated heterocycles. The zero-order valence-corrected chi connectivity index (χ0v) is 15.7. The summed E-state index contributed by atoms with van der Waals surface area (Å²) in [5, 5.41) is 10.2. The summed E-state index contributed by atoms with van der Waals surface area (Å²) in [5.74, 6) is -0.687. The summed E-state index contributed by atoms with van der Waals surface area (Å²) in [5.41, 5.74) is 0.504. The molecule has 29 heavy (non-hydrogen) atoms. The van der Waals surface area contributed by atoms with E-state index in [1.54, 1.807) is 0 Å². The van der Waals surface area contributed by atoms with Crippen LogP contribution in [0.5, 0.6) is 0 Å². The molecular formula is C18H15ClF3N5O2. The third kappa shape index (κ3) is 3.71. The molecule has 0 unspecified atom stereocenters. The average Bonchev–Trinajstić information content (AvgIpc) is 3.04. The predicted molar refractivity (Wildman–Crippen MR) is 99.0 cm³/mol. The highest BCUT2D eigenvalue weighted by Crippen LogP contribution is 2.36. The largest absolute Gasteiger partial charge is 0.417 e. The molecule has 1 aliphatic carbocycles. The molecule has 0 fully saturated rings. The second kappa shape index (κ2) is 7.18. The van der Waals surface area contributed by atoms with Crippen LogP contribution in [0.2, 0.25) is 5.02 Å². The molecule has 1 aromatic carbocycles. The minimum atomic E-state index is -4.65. The number of amides is 1. The van der Waals surface area contributed by atoms with Crippen LogP contribution in [0.15, 0.2) is 29.3 Å². The molecule has 7 nitrogen and oxygen atoms in total. The highest BCUT2D eigenvalue weighted by atomic mass is 35.5. The van der Waals surface area contributed by atoms with Crippen molar-refractivity contribution in [2.24, 2.45) is 0 Å². The van der Waals surface area contributed by atoms with E-state index in [0.717, 1.165) is 53.8 Å². The lowest BCUT2D eigenvalue weighted by molar-refractivity contribution is -0.137. The molecule has 1 aliphatic rings. The lowest BCUT2D eigenvalue weighted by atomic mass is 9.97. The topological polar surface area (TPSA) is 81.3 Å². The van der Waals surface area contributed by atoms with Crippen molar-refractivity contribution in [3.8, 4) is 0 Å². The molecule has 1 amide bonds. The van der Waals surface area contributed by atoms with E-state index in [1.165, 1.54) is 16.9 Å². The number of nitrogens with zero attached hydrogens (tertiary/aromatic N) is 4. The van der Waals surface area contributed by atoms with Gasteiger partial charge in [-0.3, -0.25) is 9.59 Å². The van der Waals surface area contributed by atoms with Crippen LogP contribution in [0.1, 0.15) is 29.7 Å². The molecule has 2 heterocycles. The van der Waals surface area contributed by atoms with Gasteiger partial charge in [-0.05, 0) is 43.9 Å². The zero-order chi connectivity index (χ0) is 20.8. The van der Waals surface area contributed by atoms with Gasteiger partial charge in [0.25, 0.3) is 5.56 Å². The van der Waals surface area contributed by atoms with Crippen LogP contribution in [0.4, 0.5) is 18.9 Å². The van der Waals surface area contributed by atoms with Crippen LogP contribution < -0.4 is 10.9 Å². The van der Waals surface area contributed by atoms with Crippen molar-refractivity contribution in [3.05, 3.63) is 56.7 Å². The number of aryl methyl sites for hydroxylation is 2. The molecule has 4 rings (SSSR count). The highest BCUT2D eigenvalue weighted by Gasteiger charge is 2.33. The molecule has 11 heteroatoms. The highest BCUT2D eigenvalue weighted by molar-refractivity contribution is 6.31. The molecular weight excluding hydrogens is 411 g/mol. The van der Waals surface area contributed by atoms with E-state index < -0.39 is 34.8 Å². The third-order valence-corrected chi connectivity index (χ3v) is 5.10. The molecule has 0 aliphatic heterocycles. The Morgan fingerprint density at radius 3 is 2.76 bits per heavy atom. The number of carbonyl (C=O) groups excluding carboxylic acids is 1. The van der Waals surface area contributed by atoms with Crippen LogP contribution in [-0.4, -0.2) is 25.3 Å². The van der Waals surface area contributed by atoms with Crippen LogP contribution in [0.25, 0.3) is 5.52 Å². The minimum Gasteiger partial charge on any atom is -0.324 e. The maximum atomic E-state index is 13.0. The lowest BCUT2D eigenvalue weighted by Crippen LogP contribution is -2.31. The minimum absolute atomic E-state index is 0.0809. The second-order valence-electron chi connectivity index (χ2n) is 6.76. The summed E-state index contributed by atoms with van der Waals surface area (Å²) in [6.07, 6.45) is 0.176. The van der Waals surface area contributed by atoms with E-state index in [-0.39, 0.29) is 5.69 Å². The maximum Gasteiger partial charge on any atom is 0.417 e. The van der Waals surface area contributed by atoms with Crippen LogP contribution in [0.3, 0.4) is 0 Å². The molecule has 3 aromatic rings. The molecule has 0 spiro atoms. The molecule has 0 radical (unpaired) electrons. The quantitative estimate of drug-likeness (QED) is 0.699. The molecule has 0 bridgehead atoms. The summed E-state index contributed by atoms with van der Waals surface area (Å²) in [4.78, 5) is 25.1. The van der Waals surface area contributed by atoms with Crippen molar-refractivity contribution >= 4 is 28.7 Å². The predicted octanol–water partition coefficient (Wildman–Crippen LogP) is 3.08. The van der Waals surface area contributed by atoms with Gasteiger partial charge in [-0.2, -0.15) is 23.4 Å². The van der Waals surface area contributed by atoms with Gasteiger partial charge < -0.3 is 5.32 Å². The van der Waals surface area contributed by atoms with E-state index in [2.05, 4.69) is 15.5 Å². The SMILES string of the molecule is O=C(Cn1ncn2nc3c(c2c1=O)CCCC3)Nc1ccc(Cl)c(C(F)(F)F)c1. The summed E-state index contributed by atoms with van der Waals surface area (Å²) >= 11 is 5.57. The number of hydrogen-bond donors (Lipinski definition) is 1. The number of nitrogens with one attached hydrogen (secondary N) is 1. The van der Waals surface area contributed by atoms with E-state index in [1.807, 2.05) is 0 Å². The van der Waals surface area contributed by atoms with Crippen molar-refractivity contribution in [1.82, 2.24) is 19.4 Å². The third-order valence-electron chi connectivity index (χ3n) is 4.77. The van der Waals surface area contributed by atoms with Crippen molar-refractivity contribution in [3.63, 3.8) is 0 Å². The normalized spacial score (nSPS) is 14.1. The first-order chi connectivity index (χ1) is 13.7. The van der Waals surface area contributed by atoms with Crippen LogP contribution in [0, 0.1) is 0 Å². The van der Waals surface area contributed by atoms with Gasteiger partial charge in [0.15, 0.2) is 0 Å². The van der Waals surface area contributed by atoms with Crippen molar-refractivity contribution < 1.29 is 18.0 Å². The van der Waals surface area contributed by atoms with Gasteiger partial charge in [0.1, 0.15) is 18.4 Å². The Morgan fingerprint density at radius 1 is 1.24 bits per heavy atom. The number of rotatable bonds is 3. The number of hydrogen-bond acceptors (Lipinski definition) is 4. The van der Waals surface area contributed by atoms with Crippen molar-refractivity contribution in [1.29, 1.82) is 0 Å². The Hall–Kier alpha value is -2.88. The molecule has 0 saturated carbocycles. The number of carbonyl (C=O) groups is 1. The Bertz CT molecular complexity index is 1170. The smallest absolute Gasteiger partial charge is 0.324 e. The van der Waals surface area contributed by atoms with E-state index in [9.17, 15) is 22.8 Å². The first-order valence-corrected chi connectivity index (χ1v) is 9.24. The maximum absolute atomic E-state index is 13.0. The number of aromatic nitrogens is 4. The Morgan fingerprint density at radius 2 is 2.00 bits per heavy atom. The van der Waals surface area contributed by atoms with Gasteiger partial charge in [-0.15, -0.1) is 0 Å². The van der Waals surface area contributed by atoms with Gasteiger partial charge in [-0.25, -0.2) is 9.20 Å². The molecule has 0 atom stereocenters. The number of fused-ring (bicyclic) bond motifs is 3. The summed E-state index contributed by atoms with van der Waals surface area (Å²) < 4.78 is 41.3. The van der Waals surface area contributed by atoms with Gasteiger partial charge in [0.2, 0.25) is 5.91 Å². The van der Waals surface area contributed by atoms with E-state index in [0.29, 0.717) is 5.52 Å². The monoisotopic (exact) mass is 425 g/mol. The fraction of sp³-hybridized carbons (Fsp3) is 0.333. The summed E-state index contributed by atoms with van der Waals surface area (Å²) in [7, 11) is 0. The first kappa shape index (κ1) is 19.4. The zero-order valence-electron chi connectivity index (χ0n) is 15.0. The van der Waals surface area contributed by atoms with Crippen LogP contribution >= 0.6 is 11.6 Å². The lowest BCUT2D eigenvalue weighted by Gasteiger charge is -2.12. The summed E-state index contributed by atoms with van der Waals surface area (Å²) in [6.45, 7) is -0.445. The Balaban J connectivity index is 1.58. The van der Waals surface area contributed by atoms with E-state index >= 15 is 0 Å². The molecule has 2 aromatic heterocycles. The van der Waals surface area contributed by atoms with Crippen molar-refractivity contribution in [2.45, 2.75) is 38.4 Å². The molecule has 152 valence electrons. The standard InChI is InChI=1S/C18H15ClF3N5O2/c19-13-6-5-10(7-12(13)18(20,21)22)24-15(28)8-26-17(29)16-11-3-1-2-4-14(11)25-27(16)9-23-26/h5-7,9H,1-4,8H2,(H,24,28). The van der Waals surface area contributed by atoms with Gasteiger partial charge >= 0.3 is 6.18 Å². The number of anilines is 1. The van der Waals surface area contributed by atoms with Crippen LogP contribution in [-0.2, 0) is 30.4 Å². The van der Waals surface area contributed by atoms with Gasteiger partial charge in [0, 0.05) is 11.3 Å².